The van der Waals surface area contributed by atoms with Gasteiger partial charge in [0.25, 0.3) is 0 Å². The lowest BCUT2D eigenvalue weighted by molar-refractivity contribution is -0.140. The Kier molecular flexibility index (Phi) is 4.96. The molecular weight excluding hydrogens is 403 g/mol. The molecule has 3 aromatic heterocycles. The van der Waals surface area contributed by atoms with Crippen LogP contribution >= 0.6 is 0 Å². The SMILES string of the molecule is Cc1noc(C)c1-c1ccnc(Oc2cnn(N3CCCC3)c(=O)c2C(F)(F)F)c1. The lowest BCUT2D eigenvalue weighted by Crippen LogP contribution is -2.44. The van der Waals surface area contributed by atoms with E-state index < -0.39 is 23.0 Å². The van der Waals surface area contributed by atoms with E-state index in [1.165, 1.54) is 17.3 Å². The molecule has 4 heterocycles. The molecule has 11 heteroatoms. The van der Waals surface area contributed by atoms with Crippen LogP contribution in [0.25, 0.3) is 11.1 Å². The molecule has 158 valence electrons. The summed E-state index contributed by atoms with van der Waals surface area (Å²) in [5.41, 5.74) is -0.766. The van der Waals surface area contributed by atoms with Gasteiger partial charge < -0.3 is 9.26 Å². The number of aromatic nitrogens is 4. The summed E-state index contributed by atoms with van der Waals surface area (Å²) in [6, 6.07) is 3.12. The minimum Gasteiger partial charge on any atom is -0.436 e. The second kappa shape index (κ2) is 7.47. The molecule has 0 unspecified atom stereocenters. The molecule has 0 atom stereocenters. The highest BCUT2D eigenvalue weighted by Gasteiger charge is 2.40. The number of aryl methyl sites for hydroxylation is 2. The normalized spacial score (nSPS) is 14.4. The van der Waals surface area contributed by atoms with Crippen molar-refractivity contribution in [1.29, 1.82) is 0 Å². The van der Waals surface area contributed by atoms with Gasteiger partial charge in [-0.05, 0) is 38.3 Å². The molecular formula is C19H18F3N5O3. The van der Waals surface area contributed by atoms with Crippen molar-refractivity contribution >= 4 is 0 Å². The summed E-state index contributed by atoms with van der Waals surface area (Å²) < 4.78 is 51.6. The standard InChI is InChI=1S/C19H18F3N5O3/c1-11-16(12(2)30-25-11)13-5-6-23-15(9-13)29-14-10-24-27(26-7-3-4-8-26)18(28)17(14)19(20,21)22/h5-6,9-10H,3-4,7-8H2,1-2H3. The molecule has 0 N–H and O–H groups in total. The van der Waals surface area contributed by atoms with Gasteiger partial charge in [0, 0.05) is 30.9 Å². The van der Waals surface area contributed by atoms with Gasteiger partial charge in [-0.25, -0.2) is 4.98 Å². The zero-order valence-electron chi connectivity index (χ0n) is 16.2. The Morgan fingerprint density at radius 1 is 1.20 bits per heavy atom. The van der Waals surface area contributed by atoms with E-state index in [2.05, 4.69) is 15.2 Å². The Balaban J connectivity index is 1.74. The Morgan fingerprint density at radius 3 is 2.57 bits per heavy atom. The van der Waals surface area contributed by atoms with Crippen molar-refractivity contribution in [3.8, 4) is 22.8 Å². The molecule has 4 rings (SSSR count). The van der Waals surface area contributed by atoms with Crippen LogP contribution in [0.5, 0.6) is 11.6 Å². The van der Waals surface area contributed by atoms with Gasteiger partial charge in [-0.1, -0.05) is 5.16 Å². The lowest BCUT2D eigenvalue weighted by atomic mass is 10.1. The van der Waals surface area contributed by atoms with Crippen molar-refractivity contribution < 1.29 is 22.4 Å². The Labute approximate surface area is 168 Å². The molecule has 0 amide bonds. The molecule has 1 aliphatic rings. The van der Waals surface area contributed by atoms with Gasteiger partial charge in [0.15, 0.2) is 11.3 Å². The van der Waals surface area contributed by atoms with Crippen molar-refractivity contribution in [2.24, 2.45) is 0 Å². The van der Waals surface area contributed by atoms with Gasteiger partial charge in [0.05, 0.1) is 11.9 Å². The maximum absolute atomic E-state index is 13.7. The van der Waals surface area contributed by atoms with Gasteiger partial charge in [-0.15, -0.1) is 4.79 Å². The maximum atomic E-state index is 13.7. The molecule has 1 saturated heterocycles. The lowest BCUT2D eigenvalue weighted by Gasteiger charge is -2.21. The summed E-state index contributed by atoms with van der Waals surface area (Å²) in [6.45, 7) is 4.40. The van der Waals surface area contributed by atoms with E-state index in [-0.39, 0.29) is 5.88 Å². The van der Waals surface area contributed by atoms with Crippen LogP contribution in [0.15, 0.2) is 33.8 Å². The molecule has 0 aliphatic carbocycles. The van der Waals surface area contributed by atoms with E-state index in [1.54, 1.807) is 19.9 Å². The van der Waals surface area contributed by atoms with Crippen LogP contribution < -0.4 is 15.3 Å². The van der Waals surface area contributed by atoms with Crippen molar-refractivity contribution in [2.75, 3.05) is 18.1 Å². The number of rotatable bonds is 4. The largest absolute Gasteiger partial charge is 0.436 e. The first-order valence-electron chi connectivity index (χ1n) is 9.27. The van der Waals surface area contributed by atoms with Gasteiger partial charge in [0.2, 0.25) is 5.88 Å². The van der Waals surface area contributed by atoms with E-state index in [1.807, 2.05) is 0 Å². The molecule has 3 aromatic rings. The second-order valence-electron chi connectivity index (χ2n) is 6.92. The van der Waals surface area contributed by atoms with E-state index in [0.717, 1.165) is 23.8 Å². The molecule has 0 radical (unpaired) electrons. The summed E-state index contributed by atoms with van der Waals surface area (Å²) in [6.07, 6.45) is -1.07. The van der Waals surface area contributed by atoms with E-state index >= 15 is 0 Å². The number of halogens is 3. The van der Waals surface area contributed by atoms with Crippen LogP contribution in [-0.2, 0) is 6.18 Å². The van der Waals surface area contributed by atoms with E-state index in [9.17, 15) is 18.0 Å². The summed E-state index contributed by atoms with van der Waals surface area (Å²) in [5.74, 6) is -0.264. The quantitative estimate of drug-likeness (QED) is 0.638. The average molecular weight is 421 g/mol. The molecule has 8 nitrogen and oxygen atoms in total. The Bertz CT molecular complexity index is 1110. The fourth-order valence-electron chi connectivity index (χ4n) is 3.49. The highest BCUT2D eigenvalue weighted by molar-refractivity contribution is 5.68. The average Bonchev–Trinajstić information content (AvgIpc) is 3.31. The van der Waals surface area contributed by atoms with Crippen molar-refractivity contribution in [3.05, 3.63) is 51.9 Å². The van der Waals surface area contributed by atoms with Crippen LogP contribution in [0, 0.1) is 13.8 Å². The smallest absolute Gasteiger partial charge is 0.425 e. The first-order chi connectivity index (χ1) is 14.3. The third-order valence-electron chi connectivity index (χ3n) is 4.83. The number of nitrogens with zero attached hydrogens (tertiary/aromatic N) is 5. The Hall–Kier alpha value is -3.37. The van der Waals surface area contributed by atoms with Crippen molar-refractivity contribution in [3.63, 3.8) is 0 Å². The van der Waals surface area contributed by atoms with Crippen LogP contribution in [0.4, 0.5) is 13.2 Å². The minimum atomic E-state index is -4.92. The van der Waals surface area contributed by atoms with Gasteiger partial charge in [-0.2, -0.15) is 18.3 Å². The van der Waals surface area contributed by atoms with Gasteiger partial charge in [-0.3, -0.25) is 9.80 Å². The first-order valence-corrected chi connectivity index (χ1v) is 9.27. The van der Waals surface area contributed by atoms with Crippen molar-refractivity contribution in [2.45, 2.75) is 32.9 Å². The predicted octanol–water partition coefficient (Wildman–Crippen LogP) is 3.45. The number of alkyl halides is 3. The summed E-state index contributed by atoms with van der Waals surface area (Å²) in [5, 5.41) is 9.24. The second-order valence-corrected chi connectivity index (χ2v) is 6.92. The van der Waals surface area contributed by atoms with Gasteiger partial charge >= 0.3 is 11.7 Å². The number of hydrogen-bond acceptors (Lipinski definition) is 7. The van der Waals surface area contributed by atoms with E-state index in [0.29, 0.717) is 35.7 Å². The van der Waals surface area contributed by atoms with Crippen LogP contribution in [0.1, 0.15) is 29.9 Å². The molecule has 0 aromatic carbocycles. The zero-order valence-corrected chi connectivity index (χ0v) is 16.2. The molecule has 0 bridgehead atoms. The minimum absolute atomic E-state index is 0.113. The molecule has 1 aliphatic heterocycles. The third-order valence-corrected chi connectivity index (χ3v) is 4.83. The third kappa shape index (κ3) is 3.62. The van der Waals surface area contributed by atoms with Crippen LogP contribution in [0.2, 0.25) is 0 Å². The maximum Gasteiger partial charge on any atom is 0.425 e. The summed E-state index contributed by atoms with van der Waals surface area (Å²) in [4.78, 5) is 17.3. The number of ether oxygens (including phenoxy) is 1. The molecule has 0 saturated carbocycles. The summed E-state index contributed by atoms with van der Waals surface area (Å²) in [7, 11) is 0. The highest BCUT2D eigenvalue weighted by atomic mass is 19.4. The predicted molar refractivity (Wildman–Crippen MR) is 100.0 cm³/mol. The molecule has 1 fully saturated rings. The monoisotopic (exact) mass is 421 g/mol. The zero-order chi connectivity index (χ0) is 21.5. The highest BCUT2D eigenvalue weighted by Crippen LogP contribution is 2.36. The molecule has 30 heavy (non-hydrogen) atoms. The topological polar surface area (TPSA) is 86.3 Å². The fraction of sp³-hybridized carbons (Fsp3) is 0.368. The van der Waals surface area contributed by atoms with Crippen LogP contribution in [-0.4, -0.2) is 33.1 Å². The van der Waals surface area contributed by atoms with Crippen LogP contribution in [0.3, 0.4) is 0 Å². The number of hydrogen-bond donors (Lipinski definition) is 0. The Morgan fingerprint density at radius 2 is 1.93 bits per heavy atom. The van der Waals surface area contributed by atoms with E-state index in [4.69, 9.17) is 9.26 Å². The first kappa shape index (κ1) is 19.9. The molecule has 0 spiro atoms. The fourth-order valence-corrected chi connectivity index (χ4v) is 3.49. The number of pyridine rings is 1. The summed E-state index contributed by atoms with van der Waals surface area (Å²) >= 11 is 0. The van der Waals surface area contributed by atoms with Gasteiger partial charge in [0.1, 0.15) is 5.76 Å². The van der Waals surface area contributed by atoms with Crippen molar-refractivity contribution in [1.82, 2.24) is 20.0 Å².